The summed E-state index contributed by atoms with van der Waals surface area (Å²) in [6.45, 7) is 2.62. The molecule has 1 aliphatic carbocycles. The first-order valence-electron chi connectivity index (χ1n) is 6.37. The molecule has 0 aromatic carbocycles. The molecule has 5 heteroatoms. The Morgan fingerprint density at radius 3 is 2.53 bits per heavy atom. The molecule has 0 aromatic rings. The molecule has 1 aliphatic rings. The first kappa shape index (κ1) is 14.2. The van der Waals surface area contributed by atoms with Gasteiger partial charge in [0, 0.05) is 13.6 Å². The second-order valence-electron chi connectivity index (χ2n) is 4.74. The highest BCUT2D eigenvalue weighted by atomic mass is 32.1. The summed E-state index contributed by atoms with van der Waals surface area (Å²) in [5.74, 6) is 0.412. The molecule has 1 unspecified atom stereocenters. The molecule has 0 bridgehead atoms. The van der Waals surface area contributed by atoms with E-state index in [1.54, 1.807) is 11.9 Å². The van der Waals surface area contributed by atoms with E-state index in [9.17, 15) is 4.79 Å². The average Bonchev–Trinajstić information content (AvgIpc) is 2.35. The molecular formula is C12H23N3OS. The van der Waals surface area contributed by atoms with Crippen LogP contribution in [0.2, 0.25) is 0 Å². The van der Waals surface area contributed by atoms with Crippen molar-refractivity contribution in [2.24, 2.45) is 11.7 Å². The number of urea groups is 1. The van der Waals surface area contributed by atoms with Gasteiger partial charge >= 0.3 is 6.03 Å². The van der Waals surface area contributed by atoms with Gasteiger partial charge in [0.05, 0.1) is 11.0 Å². The predicted octanol–water partition coefficient (Wildman–Crippen LogP) is 1.88. The Bertz CT molecular complexity index is 277. The second kappa shape index (κ2) is 6.79. The quantitative estimate of drug-likeness (QED) is 0.756. The summed E-state index contributed by atoms with van der Waals surface area (Å²) in [7, 11) is 1.77. The maximum Gasteiger partial charge on any atom is 0.317 e. The van der Waals surface area contributed by atoms with E-state index in [4.69, 9.17) is 18.0 Å². The molecule has 1 saturated carbocycles. The van der Waals surface area contributed by atoms with Crippen molar-refractivity contribution >= 4 is 23.2 Å². The largest absolute Gasteiger partial charge is 0.392 e. The van der Waals surface area contributed by atoms with E-state index in [1.807, 2.05) is 6.92 Å². The van der Waals surface area contributed by atoms with Crippen molar-refractivity contribution < 1.29 is 4.79 Å². The van der Waals surface area contributed by atoms with Gasteiger partial charge in [0.15, 0.2) is 0 Å². The van der Waals surface area contributed by atoms with Crippen LogP contribution in [0.25, 0.3) is 0 Å². The Hall–Kier alpha value is -0.840. The van der Waals surface area contributed by atoms with E-state index in [0.717, 1.165) is 12.8 Å². The summed E-state index contributed by atoms with van der Waals surface area (Å²) in [6.07, 6.45) is 5.92. The lowest BCUT2D eigenvalue weighted by atomic mass is 9.84. The second-order valence-corrected chi connectivity index (χ2v) is 5.21. The first-order chi connectivity index (χ1) is 8.06. The number of hydrogen-bond acceptors (Lipinski definition) is 2. The van der Waals surface area contributed by atoms with Crippen LogP contribution in [-0.2, 0) is 0 Å². The van der Waals surface area contributed by atoms with Crippen LogP contribution < -0.4 is 11.1 Å². The number of nitrogens with one attached hydrogen (secondary N) is 1. The molecule has 2 amide bonds. The highest BCUT2D eigenvalue weighted by Crippen LogP contribution is 2.26. The van der Waals surface area contributed by atoms with Crippen LogP contribution in [0.1, 0.15) is 39.0 Å². The van der Waals surface area contributed by atoms with Gasteiger partial charge in [-0.05, 0) is 25.7 Å². The normalized spacial score (nSPS) is 18.5. The van der Waals surface area contributed by atoms with Crippen LogP contribution in [0.5, 0.6) is 0 Å². The van der Waals surface area contributed by atoms with Gasteiger partial charge in [-0.1, -0.05) is 31.5 Å². The molecule has 0 spiro atoms. The third-order valence-corrected chi connectivity index (χ3v) is 3.78. The van der Waals surface area contributed by atoms with Gasteiger partial charge in [-0.3, -0.25) is 0 Å². The third-order valence-electron chi connectivity index (χ3n) is 3.53. The summed E-state index contributed by atoms with van der Waals surface area (Å²) in [4.78, 5) is 13.9. The fourth-order valence-corrected chi connectivity index (χ4v) is 2.53. The van der Waals surface area contributed by atoms with Crippen molar-refractivity contribution in [2.75, 3.05) is 13.6 Å². The molecule has 1 rings (SSSR count). The first-order valence-corrected chi connectivity index (χ1v) is 6.78. The summed E-state index contributed by atoms with van der Waals surface area (Å²) >= 11 is 5.08. The predicted molar refractivity (Wildman–Crippen MR) is 74.0 cm³/mol. The number of nitrogens with zero attached hydrogens (tertiary/aromatic N) is 1. The average molecular weight is 257 g/mol. The zero-order valence-electron chi connectivity index (χ0n) is 10.7. The topological polar surface area (TPSA) is 58.4 Å². The van der Waals surface area contributed by atoms with E-state index >= 15 is 0 Å². The van der Waals surface area contributed by atoms with Crippen LogP contribution in [0.3, 0.4) is 0 Å². The van der Waals surface area contributed by atoms with Crippen LogP contribution in [0, 0.1) is 5.92 Å². The molecule has 0 aliphatic heterocycles. The molecule has 98 valence electrons. The van der Waals surface area contributed by atoms with Gasteiger partial charge in [0.25, 0.3) is 0 Å². The van der Waals surface area contributed by atoms with Crippen LogP contribution in [-0.4, -0.2) is 35.6 Å². The lowest BCUT2D eigenvalue weighted by molar-refractivity contribution is 0.202. The van der Waals surface area contributed by atoms with Crippen molar-refractivity contribution in [2.45, 2.75) is 45.1 Å². The van der Waals surface area contributed by atoms with Crippen molar-refractivity contribution in [3.8, 4) is 0 Å². The number of hydrogen-bond donors (Lipinski definition) is 2. The summed E-state index contributed by atoms with van der Waals surface area (Å²) in [6, 6.07) is -0.234. The molecule has 0 heterocycles. The number of rotatable bonds is 4. The maximum atomic E-state index is 11.8. The fraction of sp³-hybridized carbons (Fsp3) is 0.833. The third kappa shape index (κ3) is 4.15. The Balaban J connectivity index is 2.59. The van der Waals surface area contributed by atoms with E-state index in [2.05, 4.69) is 5.32 Å². The number of carbonyl (C=O) groups is 1. The van der Waals surface area contributed by atoms with Gasteiger partial charge in [0.2, 0.25) is 0 Å². The molecule has 1 atom stereocenters. The molecular weight excluding hydrogens is 234 g/mol. The molecule has 0 saturated heterocycles. The van der Waals surface area contributed by atoms with E-state index in [0.29, 0.717) is 17.5 Å². The summed E-state index contributed by atoms with van der Waals surface area (Å²) < 4.78 is 0. The lowest BCUT2D eigenvalue weighted by Crippen LogP contribution is -2.52. The Morgan fingerprint density at radius 2 is 2.06 bits per heavy atom. The van der Waals surface area contributed by atoms with Crippen molar-refractivity contribution in [1.82, 2.24) is 10.2 Å². The van der Waals surface area contributed by atoms with Crippen LogP contribution in [0.15, 0.2) is 0 Å². The Labute approximate surface area is 109 Å². The number of amides is 2. The molecule has 0 radical (unpaired) electrons. The van der Waals surface area contributed by atoms with E-state index in [-0.39, 0.29) is 12.1 Å². The van der Waals surface area contributed by atoms with Crippen LogP contribution >= 0.6 is 12.2 Å². The summed E-state index contributed by atoms with van der Waals surface area (Å²) in [5, 5.41) is 2.96. The Morgan fingerprint density at radius 1 is 1.47 bits per heavy atom. The van der Waals surface area contributed by atoms with E-state index < -0.39 is 0 Å². The van der Waals surface area contributed by atoms with Crippen molar-refractivity contribution in [1.29, 1.82) is 0 Å². The minimum atomic E-state index is -0.146. The molecule has 4 nitrogen and oxygen atoms in total. The molecule has 17 heavy (non-hydrogen) atoms. The van der Waals surface area contributed by atoms with Gasteiger partial charge in [-0.15, -0.1) is 0 Å². The monoisotopic (exact) mass is 257 g/mol. The highest BCUT2D eigenvalue weighted by Gasteiger charge is 2.27. The number of nitrogens with two attached hydrogens (primary N) is 1. The van der Waals surface area contributed by atoms with Gasteiger partial charge in [-0.25, -0.2) is 4.79 Å². The van der Waals surface area contributed by atoms with E-state index in [1.165, 1.54) is 19.3 Å². The number of carbonyl (C=O) groups excluding carboxylic acids is 1. The molecule has 0 aromatic heterocycles. The molecule has 1 fully saturated rings. The standard InChI is InChI=1S/C12H23N3OS/c1-3-15(2)12(16)14-10(11(13)17)9-7-5-4-6-8-9/h9-10H,3-8H2,1-2H3,(H2,13,17)(H,14,16). The minimum absolute atomic E-state index is 0.0872. The van der Waals surface area contributed by atoms with Gasteiger partial charge < -0.3 is 16.0 Å². The van der Waals surface area contributed by atoms with Gasteiger partial charge in [0.1, 0.15) is 0 Å². The lowest BCUT2D eigenvalue weighted by Gasteiger charge is -2.31. The number of thiocarbonyl (C=S) groups is 1. The van der Waals surface area contributed by atoms with Crippen molar-refractivity contribution in [3.63, 3.8) is 0 Å². The maximum absolute atomic E-state index is 11.8. The smallest absolute Gasteiger partial charge is 0.317 e. The Kier molecular flexibility index (Phi) is 5.68. The zero-order chi connectivity index (χ0) is 12.8. The molecule has 3 N–H and O–H groups in total. The van der Waals surface area contributed by atoms with Gasteiger partial charge in [-0.2, -0.15) is 0 Å². The fourth-order valence-electron chi connectivity index (χ4n) is 2.28. The highest BCUT2D eigenvalue weighted by molar-refractivity contribution is 7.80. The van der Waals surface area contributed by atoms with Crippen LogP contribution in [0.4, 0.5) is 4.79 Å². The SMILES string of the molecule is CCN(C)C(=O)NC(C(N)=S)C1CCCCC1. The minimum Gasteiger partial charge on any atom is -0.392 e. The van der Waals surface area contributed by atoms with Crippen molar-refractivity contribution in [3.05, 3.63) is 0 Å². The zero-order valence-corrected chi connectivity index (χ0v) is 11.6. The summed E-state index contributed by atoms with van der Waals surface area (Å²) in [5.41, 5.74) is 5.76.